The molecule has 1 N–H and O–H groups in total. The number of Topliss-reactive ketones (excluding diaryl/α,β-unsaturated/α-hetero) is 1. The molecule has 8 nitrogen and oxygen atoms in total. The number of aromatic nitrogens is 1. The number of thiazole rings is 1. The molecular formula is C25H20N2O6S. The molecule has 34 heavy (non-hydrogen) atoms. The van der Waals surface area contributed by atoms with E-state index in [1.54, 1.807) is 60.1 Å². The molecular weight excluding hydrogens is 456 g/mol. The van der Waals surface area contributed by atoms with Crippen LogP contribution in [-0.4, -0.2) is 41.6 Å². The average molecular weight is 477 g/mol. The lowest BCUT2D eigenvalue weighted by molar-refractivity contribution is -0.132. The monoisotopic (exact) mass is 476 g/mol. The van der Waals surface area contributed by atoms with Crippen molar-refractivity contribution >= 4 is 33.9 Å². The molecule has 0 radical (unpaired) electrons. The van der Waals surface area contributed by atoms with Gasteiger partial charge in [0.1, 0.15) is 31.3 Å². The summed E-state index contributed by atoms with van der Waals surface area (Å²) in [5.41, 5.74) is 0.887. The zero-order valence-corrected chi connectivity index (χ0v) is 18.8. The lowest BCUT2D eigenvalue weighted by Gasteiger charge is -2.23. The second-order valence-corrected chi connectivity index (χ2v) is 8.39. The molecule has 2 aliphatic rings. The van der Waals surface area contributed by atoms with Crippen LogP contribution in [0.25, 0.3) is 5.76 Å². The van der Waals surface area contributed by atoms with Crippen molar-refractivity contribution in [2.75, 3.05) is 24.7 Å². The number of aliphatic hydroxyl groups excluding tert-OH is 1. The number of ether oxygens (including phenoxy) is 3. The van der Waals surface area contributed by atoms with E-state index in [2.05, 4.69) is 11.6 Å². The summed E-state index contributed by atoms with van der Waals surface area (Å²) in [7, 11) is 0. The highest BCUT2D eigenvalue weighted by atomic mass is 32.1. The van der Waals surface area contributed by atoms with Crippen molar-refractivity contribution in [1.82, 2.24) is 4.98 Å². The molecule has 1 aromatic heterocycles. The summed E-state index contributed by atoms with van der Waals surface area (Å²) in [6, 6.07) is 11.0. The Labute approximate surface area is 199 Å². The predicted molar refractivity (Wildman–Crippen MR) is 126 cm³/mol. The molecule has 2 aliphatic heterocycles. The van der Waals surface area contributed by atoms with Gasteiger partial charge in [0.2, 0.25) is 0 Å². The number of carbonyl (C=O) groups excluding carboxylic acids is 2. The molecule has 1 atom stereocenters. The van der Waals surface area contributed by atoms with Gasteiger partial charge < -0.3 is 19.3 Å². The number of benzene rings is 2. The van der Waals surface area contributed by atoms with Gasteiger partial charge in [0.15, 0.2) is 16.6 Å². The number of hydrogen-bond donors (Lipinski definition) is 1. The summed E-state index contributed by atoms with van der Waals surface area (Å²) in [5, 5.41) is 13.4. The fraction of sp³-hybridized carbons (Fsp3) is 0.160. The molecule has 1 amide bonds. The molecule has 9 heteroatoms. The van der Waals surface area contributed by atoms with Gasteiger partial charge in [-0.1, -0.05) is 24.8 Å². The number of rotatable bonds is 6. The molecule has 3 aromatic rings. The van der Waals surface area contributed by atoms with Gasteiger partial charge in [0.05, 0.1) is 11.6 Å². The number of anilines is 1. The first-order valence-corrected chi connectivity index (χ1v) is 11.4. The van der Waals surface area contributed by atoms with Gasteiger partial charge in [-0.05, 0) is 35.9 Å². The van der Waals surface area contributed by atoms with Crippen LogP contribution in [0.1, 0.15) is 17.2 Å². The SMILES string of the molecule is C=CCOc1cccc([C@H]2/C(=C(\O)c3ccc4c(c3)OCCO4)C(=O)C(=O)N2c2nccs2)c1. The van der Waals surface area contributed by atoms with Gasteiger partial charge in [-0.25, -0.2) is 4.98 Å². The van der Waals surface area contributed by atoms with E-state index in [1.807, 2.05) is 0 Å². The van der Waals surface area contributed by atoms with Crippen LogP contribution in [0.4, 0.5) is 5.13 Å². The van der Waals surface area contributed by atoms with Crippen molar-refractivity contribution in [3.63, 3.8) is 0 Å². The fourth-order valence-electron chi connectivity index (χ4n) is 3.96. The summed E-state index contributed by atoms with van der Waals surface area (Å²) >= 11 is 1.23. The highest BCUT2D eigenvalue weighted by Gasteiger charge is 2.48. The number of amides is 1. The Balaban J connectivity index is 1.66. The zero-order chi connectivity index (χ0) is 23.7. The Morgan fingerprint density at radius 1 is 1.21 bits per heavy atom. The third-order valence-electron chi connectivity index (χ3n) is 5.43. The van der Waals surface area contributed by atoms with E-state index in [0.717, 1.165) is 0 Å². The van der Waals surface area contributed by atoms with Crippen LogP contribution in [0.15, 0.2) is 72.3 Å². The molecule has 2 aromatic carbocycles. The zero-order valence-electron chi connectivity index (χ0n) is 18.0. The topological polar surface area (TPSA) is 98.2 Å². The van der Waals surface area contributed by atoms with E-state index in [4.69, 9.17) is 14.2 Å². The largest absolute Gasteiger partial charge is 0.507 e. The average Bonchev–Trinajstić information content (AvgIpc) is 3.49. The van der Waals surface area contributed by atoms with Crippen molar-refractivity contribution in [3.8, 4) is 17.2 Å². The standard InChI is InChI=1S/C25H20N2O6S/c1-2-9-31-17-5-3-4-15(13-17)21-20(23(29)24(30)27(21)25-26-8-12-34-25)22(28)16-6-7-18-19(14-16)33-11-10-32-18/h2-8,12-14,21,28H,1,9-11H2/b22-20+/t21-/m0/s1. The van der Waals surface area contributed by atoms with Crippen LogP contribution in [0.3, 0.4) is 0 Å². The quantitative estimate of drug-likeness (QED) is 0.247. The Morgan fingerprint density at radius 3 is 2.79 bits per heavy atom. The maximum Gasteiger partial charge on any atom is 0.301 e. The fourth-order valence-corrected chi connectivity index (χ4v) is 4.62. The molecule has 172 valence electrons. The molecule has 0 aliphatic carbocycles. The van der Waals surface area contributed by atoms with Gasteiger partial charge in [-0.3, -0.25) is 14.5 Å². The lowest BCUT2D eigenvalue weighted by Crippen LogP contribution is -2.29. The molecule has 5 rings (SSSR count). The van der Waals surface area contributed by atoms with E-state index in [9.17, 15) is 14.7 Å². The van der Waals surface area contributed by atoms with Gasteiger partial charge in [0.25, 0.3) is 5.78 Å². The summed E-state index contributed by atoms with van der Waals surface area (Å²) in [6.07, 6.45) is 3.18. The third kappa shape index (κ3) is 3.80. The smallest absolute Gasteiger partial charge is 0.301 e. The van der Waals surface area contributed by atoms with Crippen molar-refractivity contribution in [2.45, 2.75) is 6.04 Å². The molecule has 0 unspecified atom stereocenters. The number of ketones is 1. The predicted octanol–water partition coefficient (Wildman–Crippen LogP) is 4.11. The van der Waals surface area contributed by atoms with E-state index >= 15 is 0 Å². The molecule has 0 saturated carbocycles. The first-order chi connectivity index (χ1) is 16.6. The van der Waals surface area contributed by atoms with Gasteiger partial charge in [-0.15, -0.1) is 11.3 Å². The van der Waals surface area contributed by atoms with Crippen molar-refractivity contribution in [2.24, 2.45) is 0 Å². The number of nitrogens with zero attached hydrogens (tertiary/aromatic N) is 2. The minimum atomic E-state index is -0.897. The van der Waals surface area contributed by atoms with Crippen LogP contribution in [0.5, 0.6) is 17.2 Å². The second-order valence-electron chi connectivity index (χ2n) is 7.51. The van der Waals surface area contributed by atoms with E-state index in [0.29, 0.717) is 53.3 Å². The second kappa shape index (κ2) is 9.03. The first-order valence-electron chi connectivity index (χ1n) is 10.5. The summed E-state index contributed by atoms with van der Waals surface area (Å²) < 4.78 is 16.8. The molecule has 1 saturated heterocycles. The number of aliphatic hydroxyl groups is 1. The van der Waals surface area contributed by atoms with Gasteiger partial charge in [-0.2, -0.15) is 0 Å². The van der Waals surface area contributed by atoms with Crippen LogP contribution >= 0.6 is 11.3 Å². The van der Waals surface area contributed by atoms with Gasteiger partial charge >= 0.3 is 5.91 Å². The Morgan fingerprint density at radius 2 is 2.03 bits per heavy atom. The maximum atomic E-state index is 13.2. The maximum absolute atomic E-state index is 13.2. The first kappa shape index (κ1) is 21.7. The Bertz CT molecular complexity index is 1300. The molecule has 3 heterocycles. The van der Waals surface area contributed by atoms with Crippen molar-refractivity contribution in [1.29, 1.82) is 0 Å². The number of fused-ring (bicyclic) bond motifs is 1. The highest BCUT2D eigenvalue weighted by Crippen LogP contribution is 2.44. The minimum Gasteiger partial charge on any atom is -0.507 e. The third-order valence-corrected chi connectivity index (χ3v) is 6.20. The summed E-state index contributed by atoms with van der Waals surface area (Å²) in [5.74, 6) is -0.324. The van der Waals surface area contributed by atoms with E-state index in [-0.39, 0.29) is 11.3 Å². The highest BCUT2D eigenvalue weighted by molar-refractivity contribution is 7.14. The van der Waals surface area contributed by atoms with Crippen LogP contribution < -0.4 is 19.1 Å². The summed E-state index contributed by atoms with van der Waals surface area (Å²) in [4.78, 5) is 31.9. The van der Waals surface area contributed by atoms with Crippen LogP contribution in [0, 0.1) is 0 Å². The van der Waals surface area contributed by atoms with Crippen LogP contribution in [-0.2, 0) is 9.59 Å². The van der Waals surface area contributed by atoms with Crippen molar-refractivity contribution in [3.05, 3.63) is 83.4 Å². The Hall–Kier alpha value is -4.11. The molecule has 0 bridgehead atoms. The van der Waals surface area contributed by atoms with E-state index < -0.39 is 17.7 Å². The number of carbonyl (C=O) groups is 2. The lowest BCUT2D eigenvalue weighted by atomic mass is 9.95. The van der Waals surface area contributed by atoms with E-state index in [1.165, 1.54) is 16.2 Å². The van der Waals surface area contributed by atoms with Gasteiger partial charge in [0, 0.05) is 17.1 Å². The minimum absolute atomic E-state index is 0.0438. The van der Waals surface area contributed by atoms with Crippen LogP contribution in [0.2, 0.25) is 0 Å². The Kier molecular flexibility index (Phi) is 5.77. The molecule has 1 fully saturated rings. The normalized spacial score (nSPS) is 18.7. The summed E-state index contributed by atoms with van der Waals surface area (Å²) in [6.45, 7) is 4.76. The molecule has 0 spiro atoms. The number of hydrogen-bond acceptors (Lipinski definition) is 8. The van der Waals surface area contributed by atoms with Crippen molar-refractivity contribution < 1.29 is 28.9 Å².